The number of nitrogens with zero attached hydrogens (tertiary/aromatic N) is 1. The standard InChI is InChI=1S/C27H24Cl2N2O6/c1-4-5-17-6-10-22(24(12-17)34-2)36-16-26(32)31-30-15-18-7-11-23(25(13-18)35-3)37-27(33)20-9-8-19(28)14-21(20)29/h4,6-15H,1,5,16H2,2-3H3,(H,31,32)/b30-15-. The zero-order valence-corrected chi connectivity index (χ0v) is 21.6. The summed E-state index contributed by atoms with van der Waals surface area (Å²) >= 11 is 11.9. The van der Waals surface area contributed by atoms with Gasteiger partial charge in [-0.1, -0.05) is 35.3 Å². The lowest BCUT2D eigenvalue weighted by Gasteiger charge is -2.11. The van der Waals surface area contributed by atoms with Gasteiger partial charge < -0.3 is 18.9 Å². The molecule has 37 heavy (non-hydrogen) atoms. The van der Waals surface area contributed by atoms with Gasteiger partial charge in [0.2, 0.25) is 0 Å². The molecule has 10 heteroatoms. The summed E-state index contributed by atoms with van der Waals surface area (Å²) in [6, 6.07) is 14.7. The first-order valence-corrected chi connectivity index (χ1v) is 11.7. The molecule has 0 aromatic heterocycles. The molecule has 0 saturated heterocycles. The van der Waals surface area contributed by atoms with Crippen LogP contribution in [0.25, 0.3) is 0 Å². The second-order valence-electron chi connectivity index (χ2n) is 7.48. The maximum Gasteiger partial charge on any atom is 0.345 e. The van der Waals surface area contributed by atoms with E-state index in [1.165, 1.54) is 44.7 Å². The van der Waals surface area contributed by atoms with Gasteiger partial charge in [-0.2, -0.15) is 5.10 Å². The van der Waals surface area contributed by atoms with Crippen molar-refractivity contribution in [2.75, 3.05) is 20.8 Å². The van der Waals surface area contributed by atoms with Crippen LogP contribution in [0.5, 0.6) is 23.0 Å². The number of methoxy groups -OCH3 is 2. The molecule has 0 fully saturated rings. The molecule has 192 valence electrons. The van der Waals surface area contributed by atoms with E-state index in [1.807, 2.05) is 12.1 Å². The monoisotopic (exact) mass is 542 g/mol. The lowest BCUT2D eigenvalue weighted by atomic mass is 10.1. The Morgan fingerprint density at radius 1 is 0.946 bits per heavy atom. The fraction of sp³-hybridized carbons (Fsp3) is 0.148. The molecule has 3 aromatic rings. The number of carbonyl (C=O) groups is 2. The molecule has 0 aliphatic carbocycles. The maximum absolute atomic E-state index is 12.5. The van der Waals surface area contributed by atoms with Crippen LogP contribution in [-0.2, 0) is 11.2 Å². The molecule has 0 spiro atoms. The minimum atomic E-state index is -0.666. The number of nitrogens with one attached hydrogen (secondary N) is 1. The van der Waals surface area contributed by atoms with Crippen LogP contribution in [0.2, 0.25) is 10.0 Å². The number of rotatable bonds is 11. The number of allylic oxidation sites excluding steroid dienone is 1. The fourth-order valence-corrected chi connectivity index (χ4v) is 3.62. The van der Waals surface area contributed by atoms with E-state index < -0.39 is 11.9 Å². The molecule has 3 aromatic carbocycles. The maximum atomic E-state index is 12.5. The van der Waals surface area contributed by atoms with Crippen LogP contribution in [0.15, 0.2) is 72.4 Å². The fourth-order valence-electron chi connectivity index (χ4n) is 3.14. The van der Waals surface area contributed by atoms with Gasteiger partial charge in [0, 0.05) is 5.02 Å². The van der Waals surface area contributed by atoms with Gasteiger partial charge in [0.15, 0.2) is 29.6 Å². The molecule has 8 nitrogen and oxygen atoms in total. The Morgan fingerprint density at radius 3 is 2.38 bits per heavy atom. The van der Waals surface area contributed by atoms with Crippen molar-refractivity contribution in [3.05, 3.63) is 94.0 Å². The zero-order chi connectivity index (χ0) is 26.8. The number of carbonyl (C=O) groups excluding carboxylic acids is 2. The molecular formula is C27H24Cl2N2O6. The van der Waals surface area contributed by atoms with Gasteiger partial charge in [0.1, 0.15) is 0 Å². The third-order valence-electron chi connectivity index (χ3n) is 4.91. The Kier molecular flexibility index (Phi) is 9.94. The van der Waals surface area contributed by atoms with Crippen LogP contribution in [0.1, 0.15) is 21.5 Å². The van der Waals surface area contributed by atoms with Crippen molar-refractivity contribution in [1.29, 1.82) is 0 Å². The van der Waals surface area contributed by atoms with Gasteiger partial charge in [0.05, 0.1) is 31.0 Å². The minimum absolute atomic E-state index is 0.161. The van der Waals surface area contributed by atoms with Gasteiger partial charge >= 0.3 is 5.97 Å². The Hall–Kier alpha value is -4.01. The summed E-state index contributed by atoms with van der Waals surface area (Å²) in [7, 11) is 2.96. The molecule has 0 unspecified atom stereocenters. The van der Waals surface area contributed by atoms with Gasteiger partial charge in [-0.25, -0.2) is 10.2 Å². The van der Waals surface area contributed by atoms with E-state index >= 15 is 0 Å². The summed E-state index contributed by atoms with van der Waals surface area (Å²) in [4.78, 5) is 24.6. The molecule has 0 heterocycles. The largest absolute Gasteiger partial charge is 0.493 e. The Balaban J connectivity index is 1.58. The quantitative estimate of drug-likeness (QED) is 0.113. The average molecular weight is 543 g/mol. The predicted molar refractivity (Wildman–Crippen MR) is 143 cm³/mol. The third kappa shape index (κ3) is 7.73. The van der Waals surface area contributed by atoms with Gasteiger partial charge in [0.25, 0.3) is 5.91 Å². The third-order valence-corrected chi connectivity index (χ3v) is 5.46. The number of hydrogen-bond acceptors (Lipinski definition) is 7. The second kappa shape index (κ2) is 13.3. The molecule has 0 radical (unpaired) electrons. The molecule has 0 saturated carbocycles. The molecule has 1 amide bonds. The number of esters is 1. The van der Waals surface area contributed by atoms with E-state index in [0.717, 1.165) is 5.56 Å². The highest BCUT2D eigenvalue weighted by atomic mass is 35.5. The molecule has 0 bridgehead atoms. The van der Waals surface area contributed by atoms with Crippen molar-refractivity contribution in [2.24, 2.45) is 5.10 Å². The lowest BCUT2D eigenvalue weighted by Crippen LogP contribution is -2.24. The van der Waals surface area contributed by atoms with Crippen molar-refractivity contribution < 1.29 is 28.5 Å². The predicted octanol–water partition coefficient (Wildman–Crippen LogP) is 5.49. The molecule has 1 N–H and O–H groups in total. The van der Waals surface area contributed by atoms with Crippen LogP contribution in [0.4, 0.5) is 0 Å². The van der Waals surface area contributed by atoms with Crippen LogP contribution < -0.4 is 24.4 Å². The number of hydrogen-bond donors (Lipinski definition) is 1. The van der Waals surface area contributed by atoms with Crippen molar-refractivity contribution >= 4 is 41.3 Å². The highest BCUT2D eigenvalue weighted by Crippen LogP contribution is 2.30. The van der Waals surface area contributed by atoms with Crippen LogP contribution in [-0.4, -0.2) is 38.9 Å². The van der Waals surface area contributed by atoms with E-state index in [1.54, 1.807) is 24.3 Å². The molecular weight excluding hydrogens is 519 g/mol. The number of ether oxygens (including phenoxy) is 4. The summed E-state index contributed by atoms with van der Waals surface area (Å²) in [6.07, 6.45) is 3.89. The van der Waals surface area contributed by atoms with E-state index in [4.69, 9.17) is 42.1 Å². The number of halogens is 2. The van der Waals surface area contributed by atoms with Crippen molar-refractivity contribution in [3.63, 3.8) is 0 Å². The molecule has 3 rings (SSSR count). The van der Waals surface area contributed by atoms with E-state index in [-0.39, 0.29) is 28.7 Å². The van der Waals surface area contributed by atoms with Crippen molar-refractivity contribution in [3.8, 4) is 23.0 Å². The topological polar surface area (TPSA) is 95.5 Å². The number of benzene rings is 3. The first-order chi connectivity index (χ1) is 17.8. The smallest absolute Gasteiger partial charge is 0.345 e. The average Bonchev–Trinajstić information content (AvgIpc) is 2.88. The highest BCUT2D eigenvalue weighted by Gasteiger charge is 2.16. The van der Waals surface area contributed by atoms with Crippen LogP contribution in [0.3, 0.4) is 0 Å². The summed E-state index contributed by atoms with van der Waals surface area (Å²) < 4.78 is 21.6. The van der Waals surface area contributed by atoms with Crippen LogP contribution in [0, 0.1) is 0 Å². The second-order valence-corrected chi connectivity index (χ2v) is 8.33. The first kappa shape index (κ1) is 27.6. The molecule has 0 aliphatic rings. The first-order valence-electron chi connectivity index (χ1n) is 10.9. The van der Waals surface area contributed by atoms with Crippen LogP contribution >= 0.6 is 23.2 Å². The van der Waals surface area contributed by atoms with E-state index in [0.29, 0.717) is 28.5 Å². The minimum Gasteiger partial charge on any atom is -0.493 e. The molecule has 0 atom stereocenters. The van der Waals surface area contributed by atoms with Gasteiger partial charge in [-0.3, -0.25) is 4.79 Å². The van der Waals surface area contributed by atoms with Gasteiger partial charge in [-0.15, -0.1) is 6.58 Å². The summed E-state index contributed by atoms with van der Waals surface area (Å²) in [6.45, 7) is 3.45. The highest BCUT2D eigenvalue weighted by molar-refractivity contribution is 6.36. The normalized spacial score (nSPS) is 10.6. The summed E-state index contributed by atoms with van der Waals surface area (Å²) in [5, 5.41) is 4.50. The number of amides is 1. The Morgan fingerprint density at radius 2 is 1.68 bits per heavy atom. The van der Waals surface area contributed by atoms with E-state index in [9.17, 15) is 9.59 Å². The Bertz CT molecular complexity index is 1330. The van der Waals surface area contributed by atoms with Gasteiger partial charge in [-0.05, 0) is 66.1 Å². The summed E-state index contributed by atoms with van der Waals surface area (Å²) in [5.41, 5.74) is 4.15. The number of hydrazone groups is 1. The van der Waals surface area contributed by atoms with E-state index in [2.05, 4.69) is 17.1 Å². The Labute approximate surface area is 224 Å². The zero-order valence-electron chi connectivity index (χ0n) is 20.1. The van der Waals surface area contributed by atoms with Crippen molar-refractivity contribution in [2.45, 2.75) is 6.42 Å². The van der Waals surface area contributed by atoms with Crippen molar-refractivity contribution in [1.82, 2.24) is 5.43 Å². The SMILES string of the molecule is C=CCc1ccc(OCC(=O)N/N=C\c2ccc(OC(=O)c3ccc(Cl)cc3Cl)c(OC)c2)c(OC)c1. The summed E-state index contributed by atoms with van der Waals surface area (Å²) in [5.74, 6) is 0.280. The lowest BCUT2D eigenvalue weighted by molar-refractivity contribution is -0.123. The molecule has 0 aliphatic heterocycles.